The van der Waals surface area contributed by atoms with E-state index in [-0.39, 0.29) is 18.4 Å². The third kappa shape index (κ3) is 8.70. The van der Waals surface area contributed by atoms with Gasteiger partial charge in [-0.05, 0) is 30.4 Å². The van der Waals surface area contributed by atoms with Gasteiger partial charge in [0.05, 0.1) is 0 Å². The molecule has 0 saturated carbocycles. The van der Waals surface area contributed by atoms with Gasteiger partial charge < -0.3 is 9.47 Å². The van der Waals surface area contributed by atoms with Crippen LogP contribution in [0, 0.1) is 5.41 Å². The Labute approximate surface area is 145 Å². The monoisotopic (exact) mass is 334 g/mol. The lowest BCUT2D eigenvalue weighted by Gasteiger charge is -2.17. The molecule has 0 aliphatic heterocycles. The highest BCUT2D eigenvalue weighted by atomic mass is 16.6. The van der Waals surface area contributed by atoms with Gasteiger partial charge in [0.15, 0.2) is 11.5 Å². The zero-order chi connectivity index (χ0) is 18.0. The number of carbonyl (C=O) groups is 2. The van der Waals surface area contributed by atoms with Crippen molar-refractivity contribution < 1.29 is 19.1 Å². The van der Waals surface area contributed by atoms with Crippen LogP contribution in [-0.4, -0.2) is 11.9 Å². The highest BCUT2D eigenvalue weighted by Gasteiger charge is 2.13. The number of ether oxygens (including phenoxy) is 2. The van der Waals surface area contributed by atoms with Gasteiger partial charge in [0.2, 0.25) is 0 Å². The predicted octanol–water partition coefficient (Wildman–Crippen LogP) is 5.29. The largest absolute Gasteiger partial charge is 0.423 e. The van der Waals surface area contributed by atoms with Gasteiger partial charge in [-0.15, -0.1) is 0 Å². The summed E-state index contributed by atoms with van der Waals surface area (Å²) in [6.45, 7) is 8.45. The normalized spacial score (nSPS) is 11.2. The minimum absolute atomic E-state index is 0.275. The van der Waals surface area contributed by atoms with Gasteiger partial charge in [-0.1, -0.05) is 59.1 Å². The molecule has 0 atom stereocenters. The standard InChI is InChI=1S/C20H30O4/c1-5-18(21)23-16-12-9-10-13-17(16)24-19(22)14-8-6-7-11-15-20(2,3)4/h9-10,12-13H,5-8,11,14-15H2,1-4H3. The molecule has 0 aliphatic carbocycles. The second-order valence-corrected chi connectivity index (χ2v) is 7.22. The highest BCUT2D eigenvalue weighted by Crippen LogP contribution is 2.27. The maximum Gasteiger partial charge on any atom is 0.311 e. The van der Waals surface area contributed by atoms with Gasteiger partial charge in [-0.3, -0.25) is 9.59 Å². The number of para-hydroxylation sites is 2. The molecule has 0 fully saturated rings. The van der Waals surface area contributed by atoms with Crippen molar-refractivity contribution in [2.24, 2.45) is 5.41 Å². The molecule has 0 saturated heterocycles. The predicted molar refractivity (Wildman–Crippen MR) is 95.2 cm³/mol. The van der Waals surface area contributed by atoms with Crippen molar-refractivity contribution in [2.45, 2.75) is 72.6 Å². The van der Waals surface area contributed by atoms with Gasteiger partial charge >= 0.3 is 11.9 Å². The highest BCUT2D eigenvalue weighted by molar-refractivity contribution is 5.75. The number of benzene rings is 1. The van der Waals surface area contributed by atoms with Crippen molar-refractivity contribution in [3.8, 4) is 11.5 Å². The molecule has 0 heterocycles. The summed E-state index contributed by atoms with van der Waals surface area (Å²) in [5.41, 5.74) is 0.374. The molecule has 0 aromatic heterocycles. The zero-order valence-electron chi connectivity index (χ0n) is 15.4. The average molecular weight is 334 g/mol. The van der Waals surface area contributed by atoms with Crippen molar-refractivity contribution in [2.75, 3.05) is 0 Å². The summed E-state index contributed by atoms with van der Waals surface area (Å²) < 4.78 is 10.5. The quantitative estimate of drug-likeness (QED) is 0.349. The van der Waals surface area contributed by atoms with Crippen LogP contribution in [0.2, 0.25) is 0 Å². The molecule has 134 valence electrons. The van der Waals surface area contributed by atoms with Crippen LogP contribution in [0.1, 0.15) is 72.6 Å². The molecule has 0 bridgehead atoms. The van der Waals surface area contributed by atoms with E-state index in [0.29, 0.717) is 23.3 Å². The van der Waals surface area contributed by atoms with E-state index < -0.39 is 0 Å². The Hall–Kier alpha value is -1.84. The van der Waals surface area contributed by atoms with Gasteiger partial charge in [0.25, 0.3) is 0 Å². The lowest BCUT2D eigenvalue weighted by Crippen LogP contribution is -2.11. The summed E-state index contributed by atoms with van der Waals surface area (Å²) >= 11 is 0. The minimum Gasteiger partial charge on any atom is -0.423 e. The summed E-state index contributed by atoms with van der Waals surface area (Å²) in [4.78, 5) is 23.3. The second kappa shape index (κ2) is 10.1. The van der Waals surface area contributed by atoms with E-state index in [4.69, 9.17) is 9.47 Å². The van der Waals surface area contributed by atoms with Crippen LogP contribution < -0.4 is 9.47 Å². The van der Waals surface area contributed by atoms with E-state index in [0.717, 1.165) is 19.3 Å². The molecule has 4 heteroatoms. The molecule has 0 amide bonds. The van der Waals surface area contributed by atoms with Crippen molar-refractivity contribution >= 4 is 11.9 Å². The molecular weight excluding hydrogens is 304 g/mol. The Bertz CT molecular complexity index is 529. The van der Waals surface area contributed by atoms with E-state index in [1.54, 1.807) is 31.2 Å². The molecule has 24 heavy (non-hydrogen) atoms. The number of unbranched alkanes of at least 4 members (excludes halogenated alkanes) is 3. The smallest absolute Gasteiger partial charge is 0.311 e. The number of hydrogen-bond acceptors (Lipinski definition) is 4. The van der Waals surface area contributed by atoms with Crippen LogP contribution in [0.15, 0.2) is 24.3 Å². The fourth-order valence-electron chi connectivity index (χ4n) is 2.27. The van der Waals surface area contributed by atoms with Crippen LogP contribution in [0.5, 0.6) is 11.5 Å². The SMILES string of the molecule is CCC(=O)Oc1ccccc1OC(=O)CCCCCCC(C)(C)C. The first kappa shape index (κ1) is 20.2. The lowest BCUT2D eigenvalue weighted by atomic mass is 9.89. The first-order valence-electron chi connectivity index (χ1n) is 8.82. The number of hydrogen-bond donors (Lipinski definition) is 0. The zero-order valence-corrected chi connectivity index (χ0v) is 15.4. The number of carbonyl (C=O) groups excluding carboxylic acids is 2. The van der Waals surface area contributed by atoms with Gasteiger partial charge in [0, 0.05) is 12.8 Å². The Morgan fingerprint density at radius 3 is 1.96 bits per heavy atom. The third-order valence-corrected chi connectivity index (χ3v) is 3.64. The lowest BCUT2D eigenvalue weighted by molar-refractivity contribution is -0.137. The van der Waals surface area contributed by atoms with Crippen molar-refractivity contribution in [3.63, 3.8) is 0 Å². The Balaban J connectivity index is 2.34. The fourth-order valence-corrected chi connectivity index (χ4v) is 2.27. The molecule has 1 rings (SSSR count). The van der Waals surface area contributed by atoms with E-state index in [1.165, 1.54) is 12.8 Å². The van der Waals surface area contributed by atoms with Crippen molar-refractivity contribution in [1.82, 2.24) is 0 Å². The van der Waals surface area contributed by atoms with Gasteiger partial charge in [-0.2, -0.15) is 0 Å². The van der Waals surface area contributed by atoms with E-state index in [9.17, 15) is 9.59 Å². The third-order valence-electron chi connectivity index (χ3n) is 3.64. The van der Waals surface area contributed by atoms with E-state index in [2.05, 4.69) is 20.8 Å². The molecule has 0 unspecified atom stereocenters. The molecule has 4 nitrogen and oxygen atoms in total. The topological polar surface area (TPSA) is 52.6 Å². The summed E-state index contributed by atoms with van der Waals surface area (Å²) in [7, 11) is 0. The molecule has 1 aromatic rings. The summed E-state index contributed by atoms with van der Waals surface area (Å²) in [6.07, 6.45) is 6.02. The molecule has 1 aromatic carbocycles. The van der Waals surface area contributed by atoms with Crippen molar-refractivity contribution in [1.29, 1.82) is 0 Å². The van der Waals surface area contributed by atoms with Crippen LogP contribution in [0.3, 0.4) is 0 Å². The maximum absolute atomic E-state index is 11.9. The number of rotatable bonds is 9. The second-order valence-electron chi connectivity index (χ2n) is 7.22. The van der Waals surface area contributed by atoms with Crippen LogP contribution in [-0.2, 0) is 9.59 Å². The Morgan fingerprint density at radius 1 is 0.875 bits per heavy atom. The Morgan fingerprint density at radius 2 is 1.42 bits per heavy atom. The first-order valence-corrected chi connectivity index (χ1v) is 8.82. The Kier molecular flexibility index (Phi) is 8.51. The van der Waals surface area contributed by atoms with Crippen LogP contribution in [0.4, 0.5) is 0 Å². The molecular formula is C20H30O4. The molecule has 0 N–H and O–H groups in total. The fraction of sp³-hybridized carbons (Fsp3) is 0.600. The molecule has 0 spiro atoms. The van der Waals surface area contributed by atoms with Crippen LogP contribution >= 0.6 is 0 Å². The first-order chi connectivity index (χ1) is 11.3. The molecule has 0 radical (unpaired) electrons. The number of esters is 2. The average Bonchev–Trinajstić information content (AvgIpc) is 2.51. The molecule has 0 aliphatic rings. The minimum atomic E-state index is -0.350. The van der Waals surface area contributed by atoms with Gasteiger partial charge in [-0.25, -0.2) is 0 Å². The summed E-state index contributed by atoms with van der Waals surface area (Å²) in [6, 6.07) is 6.76. The van der Waals surface area contributed by atoms with Crippen molar-refractivity contribution in [3.05, 3.63) is 24.3 Å². The maximum atomic E-state index is 11.9. The summed E-state index contributed by atoms with van der Waals surface area (Å²) in [5.74, 6) is -0.0388. The summed E-state index contributed by atoms with van der Waals surface area (Å²) in [5, 5.41) is 0. The van der Waals surface area contributed by atoms with Crippen LogP contribution in [0.25, 0.3) is 0 Å². The van der Waals surface area contributed by atoms with E-state index >= 15 is 0 Å². The van der Waals surface area contributed by atoms with Gasteiger partial charge in [0.1, 0.15) is 0 Å². The van der Waals surface area contributed by atoms with E-state index in [1.807, 2.05) is 0 Å².